The first-order valence-electron chi connectivity index (χ1n) is 6.18. The van der Waals surface area contributed by atoms with Gasteiger partial charge in [-0.25, -0.2) is 0 Å². The molecule has 0 atom stereocenters. The summed E-state index contributed by atoms with van der Waals surface area (Å²) < 4.78 is 5.26. The summed E-state index contributed by atoms with van der Waals surface area (Å²) in [4.78, 5) is 11.8. The molecule has 1 aliphatic rings. The fraction of sp³-hybridized carbons (Fsp3) is 0.500. The Bertz CT molecular complexity index is 479. The summed E-state index contributed by atoms with van der Waals surface area (Å²) >= 11 is 0. The molecule has 3 N–H and O–H groups in total. The number of amides is 1. The molecule has 0 aromatic heterocycles. The number of hydrogen-bond donors (Lipinski definition) is 2. The highest BCUT2D eigenvalue weighted by atomic mass is 16.5. The minimum Gasteiger partial charge on any atom is -0.496 e. The lowest BCUT2D eigenvalue weighted by atomic mass is 10.0. The zero-order valence-corrected chi connectivity index (χ0v) is 11.2. The SMILES string of the molecule is COc1ccc(CNC(=O)C2(N)CC2)c(C)c1C. The minimum absolute atomic E-state index is 0.0460. The Hall–Kier alpha value is -1.55. The maximum absolute atomic E-state index is 11.8. The van der Waals surface area contributed by atoms with Crippen molar-refractivity contribution in [1.29, 1.82) is 0 Å². The maximum atomic E-state index is 11.8. The number of carbonyl (C=O) groups excluding carboxylic acids is 1. The molecule has 0 bridgehead atoms. The summed E-state index contributed by atoms with van der Waals surface area (Å²) in [5.41, 5.74) is 8.60. The second-order valence-corrected chi connectivity index (χ2v) is 5.02. The summed E-state index contributed by atoms with van der Waals surface area (Å²) in [5.74, 6) is 0.829. The highest BCUT2D eigenvalue weighted by molar-refractivity contribution is 5.88. The Morgan fingerprint density at radius 1 is 1.39 bits per heavy atom. The molecule has 1 saturated carbocycles. The van der Waals surface area contributed by atoms with Gasteiger partial charge in [0.25, 0.3) is 0 Å². The van der Waals surface area contributed by atoms with Gasteiger partial charge in [0.15, 0.2) is 0 Å². The third kappa shape index (κ3) is 2.34. The first kappa shape index (κ1) is 12.9. The van der Waals surface area contributed by atoms with Gasteiger partial charge in [0.1, 0.15) is 5.75 Å². The monoisotopic (exact) mass is 248 g/mol. The van der Waals surface area contributed by atoms with Crippen LogP contribution in [0.3, 0.4) is 0 Å². The summed E-state index contributed by atoms with van der Waals surface area (Å²) in [5, 5.41) is 2.90. The lowest BCUT2D eigenvalue weighted by molar-refractivity contribution is -0.123. The van der Waals surface area contributed by atoms with Crippen molar-refractivity contribution in [2.75, 3.05) is 7.11 Å². The van der Waals surface area contributed by atoms with Crippen LogP contribution in [0.25, 0.3) is 0 Å². The standard InChI is InChI=1S/C14H20N2O2/c1-9-10(2)12(18-3)5-4-11(9)8-16-13(17)14(15)6-7-14/h4-5H,6-8,15H2,1-3H3,(H,16,17). The van der Waals surface area contributed by atoms with Crippen LogP contribution in [0.5, 0.6) is 5.75 Å². The van der Waals surface area contributed by atoms with E-state index in [0.29, 0.717) is 6.54 Å². The van der Waals surface area contributed by atoms with Crippen molar-refractivity contribution in [3.05, 3.63) is 28.8 Å². The van der Waals surface area contributed by atoms with E-state index in [4.69, 9.17) is 10.5 Å². The predicted octanol–water partition coefficient (Wildman–Crippen LogP) is 1.42. The average molecular weight is 248 g/mol. The molecule has 0 aliphatic heterocycles. The Kier molecular flexibility index (Phi) is 3.30. The van der Waals surface area contributed by atoms with E-state index in [2.05, 4.69) is 5.32 Å². The fourth-order valence-corrected chi connectivity index (χ4v) is 1.98. The Morgan fingerprint density at radius 3 is 2.61 bits per heavy atom. The van der Waals surface area contributed by atoms with Gasteiger partial charge < -0.3 is 15.8 Å². The van der Waals surface area contributed by atoms with Crippen molar-refractivity contribution in [3.8, 4) is 5.75 Å². The molecule has 1 aromatic rings. The second-order valence-electron chi connectivity index (χ2n) is 5.02. The van der Waals surface area contributed by atoms with Crippen molar-refractivity contribution >= 4 is 5.91 Å². The van der Waals surface area contributed by atoms with E-state index >= 15 is 0 Å². The molecule has 1 aromatic carbocycles. The maximum Gasteiger partial charge on any atom is 0.240 e. The van der Waals surface area contributed by atoms with E-state index in [0.717, 1.165) is 35.3 Å². The summed E-state index contributed by atoms with van der Waals surface area (Å²) in [6.07, 6.45) is 1.58. The average Bonchev–Trinajstić information content (AvgIpc) is 3.10. The van der Waals surface area contributed by atoms with E-state index < -0.39 is 5.54 Å². The number of nitrogens with two attached hydrogens (primary N) is 1. The number of benzene rings is 1. The largest absolute Gasteiger partial charge is 0.496 e. The van der Waals surface area contributed by atoms with Crippen LogP contribution in [0.1, 0.15) is 29.5 Å². The van der Waals surface area contributed by atoms with Gasteiger partial charge >= 0.3 is 0 Å². The molecule has 2 rings (SSSR count). The molecular weight excluding hydrogens is 228 g/mol. The Labute approximate surface area is 108 Å². The van der Waals surface area contributed by atoms with Gasteiger partial charge in [-0.1, -0.05) is 6.07 Å². The molecule has 1 aliphatic carbocycles. The number of carbonyl (C=O) groups is 1. The Balaban J connectivity index is 2.06. The number of methoxy groups -OCH3 is 1. The third-order valence-corrected chi connectivity index (χ3v) is 3.75. The smallest absolute Gasteiger partial charge is 0.240 e. The molecule has 4 nitrogen and oxygen atoms in total. The van der Waals surface area contributed by atoms with Crippen LogP contribution in [0, 0.1) is 13.8 Å². The van der Waals surface area contributed by atoms with E-state index in [1.807, 2.05) is 26.0 Å². The van der Waals surface area contributed by atoms with Crippen molar-refractivity contribution in [3.63, 3.8) is 0 Å². The van der Waals surface area contributed by atoms with Gasteiger partial charge in [-0.2, -0.15) is 0 Å². The minimum atomic E-state index is -0.602. The quantitative estimate of drug-likeness (QED) is 0.847. The van der Waals surface area contributed by atoms with Crippen molar-refractivity contribution in [2.45, 2.75) is 38.8 Å². The van der Waals surface area contributed by atoms with Crippen LogP contribution in [0.15, 0.2) is 12.1 Å². The van der Waals surface area contributed by atoms with Crippen LogP contribution in [0.4, 0.5) is 0 Å². The van der Waals surface area contributed by atoms with Gasteiger partial charge in [0.05, 0.1) is 12.6 Å². The number of hydrogen-bond acceptors (Lipinski definition) is 3. The molecule has 0 unspecified atom stereocenters. The van der Waals surface area contributed by atoms with Crippen molar-refractivity contribution < 1.29 is 9.53 Å². The normalized spacial score (nSPS) is 16.2. The van der Waals surface area contributed by atoms with Gasteiger partial charge in [-0.15, -0.1) is 0 Å². The molecule has 98 valence electrons. The predicted molar refractivity (Wildman–Crippen MR) is 70.5 cm³/mol. The highest BCUT2D eigenvalue weighted by Crippen LogP contribution is 2.32. The number of nitrogens with one attached hydrogen (secondary N) is 1. The van der Waals surface area contributed by atoms with Crippen LogP contribution >= 0.6 is 0 Å². The van der Waals surface area contributed by atoms with Crippen LogP contribution < -0.4 is 15.8 Å². The molecule has 0 saturated heterocycles. The molecule has 0 spiro atoms. The lowest BCUT2D eigenvalue weighted by Crippen LogP contribution is -2.42. The number of ether oxygens (including phenoxy) is 1. The van der Waals surface area contributed by atoms with Crippen molar-refractivity contribution in [2.24, 2.45) is 5.73 Å². The zero-order valence-electron chi connectivity index (χ0n) is 11.2. The molecule has 18 heavy (non-hydrogen) atoms. The Morgan fingerprint density at radius 2 is 2.06 bits per heavy atom. The highest BCUT2D eigenvalue weighted by Gasteiger charge is 2.45. The van der Waals surface area contributed by atoms with E-state index in [9.17, 15) is 4.79 Å². The molecule has 0 radical (unpaired) electrons. The van der Waals surface area contributed by atoms with Gasteiger partial charge in [-0.05, 0) is 49.4 Å². The van der Waals surface area contributed by atoms with E-state index in [1.54, 1.807) is 7.11 Å². The van der Waals surface area contributed by atoms with Gasteiger partial charge in [0, 0.05) is 6.54 Å². The van der Waals surface area contributed by atoms with E-state index in [-0.39, 0.29) is 5.91 Å². The van der Waals surface area contributed by atoms with Gasteiger partial charge in [-0.3, -0.25) is 4.79 Å². The first-order valence-corrected chi connectivity index (χ1v) is 6.18. The summed E-state index contributed by atoms with van der Waals surface area (Å²) in [7, 11) is 1.66. The fourth-order valence-electron chi connectivity index (χ4n) is 1.98. The third-order valence-electron chi connectivity index (χ3n) is 3.75. The first-order chi connectivity index (χ1) is 8.48. The molecular formula is C14H20N2O2. The summed E-state index contributed by atoms with van der Waals surface area (Å²) in [6, 6.07) is 3.91. The molecule has 0 heterocycles. The van der Waals surface area contributed by atoms with Crippen molar-refractivity contribution in [1.82, 2.24) is 5.32 Å². The zero-order chi connectivity index (χ0) is 13.3. The second kappa shape index (κ2) is 4.61. The topological polar surface area (TPSA) is 64.3 Å². The van der Waals surface area contributed by atoms with E-state index in [1.165, 1.54) is 0 Å². The van der Waals surface area contributed by atoms with Crippen LogP contribution in [-0.4, -0.2) is 18.6 Å². The van der Waals surface area contributed by atoms with Crippen LogP contribution in [-0.2, 0) is 11.3 Å². The molecule has 4 heteroatoms. The van der Waals surface area contributed by atoms with Crippen LogP contribution in [0.2, 0.25) is 0 Å². The molecule has 1 amide bonds. The lowest BCUT2D eigenvalue weighted by Gasteiger charge is -2.14. The molecule has 1 fully saturated rings. The van der Waals surface area contributed by atoms with Gasteiger partial charge in [0.2, 0.25) is 5.91 Å². The summed E-state index contributed by atoms with van der Waals surface area (Å²) in [6.45, 7) is 4.58. The number of rotatable bonds is 4.